The van der Waals surface area contributed by atoms with Crippen LogP contribution >= 0.6 is 11.6 Å². The summed E-state index contributed by atoms with van der Waals surface area (Å²) in [4.78, 5) is 0.0780. The van der Waals surface area contributed by atoms with Gasteiger partial charge in [-0.2, -0.15) is 0 Å². The average Bonchev–Trinajstić information content (AvgIpc) is 2.50. The van der Waals surface area contributed by atoms with Gasteiger partial charge in [0.15, 0.2) is 0 Å². The van der Waals surface area contributed by atoms with Crippen molar-refractivity contribution in [2.75, 3.05) is 17.9 Å². The number of nitrogens with one attached hydrogen (secondary N) is 1. The molecule has 7 heteroatoms. The van der Waals surface area contributed by atoms with Gasteiger partial charge in [0.05, 0.1) is 23.8 Å². The molecule has 0 spiro atoms. The molecule has 2 rings (SSSR count). The zero-order valence-electron chi connectivity index (χ0n) is 12.9. The molecule has 5 nitrogen and oxygen atoms in total. The van der Waals surface area contributed by atoms with Gasteiger partial charge in [-0.25, -0.2) is 8.42 Å². The molecule has 0 heterocycles. The van der Waals surface area contributed by atoms with E-state index in [1.54, 1.807) is 30.3 Å². The highest BCUT2D eigenvalue weighted by Crippen LogP contribution is 2.31. The van der Waals surface area contributed by atoms with Crippen molar-refractivity contribution in [1.82, 2.24) is 0 Å². The van der Waals surface area contributed by atoms with Crippen molar-refractivity contribution in [3.63, 3.8) is 0 Å². The molecule has 1 N–H and O–H groups in total. The van der Waals surface area contributed by atoms with Crippen molar-refractivity contribution in [1.29, 1.82) is 0 Å². The molecule has 0 saturated carbocycles. The number of rotatable bonds is 7. The first kappa shape index (κ1) is 17.4. The van der Waals surface area contributed by atoms with Crippen molar-refractivity contribution in [2.45, 2.75) is 18.7 Å². The van der Waals surface area contributed by atoms with Crippen LogP contribution < -0.4 is 14.2 Å². The smallest absolute Gasteiger partial charge is 0.262 e. The first-order valence-corrected chi connectivity index (χ1v) is 9.00. The number of benzene rings is 2. The molecule has 124 valence electrons. The van der Waals surface area contributed by atoms with E-state index in [0.717, 1.165) is 0 Å². The van der Waals surface area contributed by atoms with E-state index >= 15 is 0 Å². The molecular formula is C16H18ClNO4S. The number of hydrogen-bond acceptors (Lipinski definition) is 4. The SMILES string of the molecule is CCOc1ccc(OCC)c(NS(=O)(=O)c2cccc(Cl)c2)c1. The minimum atomic E-state index is -3.78. The lowest BCUT2D eigenvalue weighted by molar-refractivity contribution is 0.332. The molecule has 0 unspecified atom stereocenters. The molecule has 0 radical (unpaired) electrons. The first-order chi connectivity index (χ1) is 11.0. The van der Waals surface area contributed by atoms with E-state index in [1.165, 1.54) is 12.1 Å². The molecule has 2 aromatic carbocycles. The van der Waals surface area contributed by atoms with Crippen LogP contribution in [0.5, 0.6) is 11.5 Å². The number of ether oxygens (including phenoxy) is 2. The van der Waals surface area contributed by atoms with E-state index in [0.29, 0.717) is 35.4 Å². The molecule has 0 atom stereocenters. The van der Waals surface area contributed by atoms with Crippen LogP contribution in [-0.4, -0.2) is 21.6 Å². The molecule has 0 aliphatic heterocycles. The molecule has 0 amide bonds. The summed E-state index contributed by atoms with van der Waals surface area (Å²) in [5.41, 5.74) is 0.317. The monoisotopic (exact) mass is 355 g/mol. The average molecular weight is 356 g/mol. The lowest BCUT2D eigenvalue weighted by Crippen LogP contribution is -2.14. The summed E-state index contributed by atoms with van der Waals surface area (Å²) >= 11 is 5.86. The fraction of sp³-hybridized carbons (Fsp3) is 0.250. The van der Waals surface area contributed by atoms with Gasteiger partial charge in [0, 0.05) is 11.1 Å². The molecule has 2 aromatic rings. The number of anilines is 1. The first-order valence-electron chi connectivity index (χ1n) is 7.14. The van der Waals surface area contributed by atoms with Crippen molar-refractivity contribution >= 4 is 27.3 Å². The lowest BCUT2D eigenvalue weighted by atomic mass is 10.3. The third-order valence-electron chi connectivity index (χ3n) is 2.91. The fourth-order valence-corrected chi connectivity index (χ4v) is 3.33. The van der Waals surface area contributed by atoms with E-state index in [1.807, 2.05) is 13.8 Å². The summed E-state index contributed by atoms with van der Waals surface area (Å²) in [6, 6.07) is 11.0. The maximum absolute atomic E-state index is 12.5. The van der Waals surface area contributed by atoms with Crippen LogP contribution in [0.4, 0.5) is 5.69 Å². The summed E-state index contributed by atoms with van der Waals surface area (Å²) in [5, 5.41) is 0.348. The van der Waals surface area contributed by atoms with Crippen LogP contribution in [0.2, 0.25) is 5.02 Å². The van der Waals surface area contributed by atoms with E-state index in [4.69, 9.17) is 21.1 Å². The number of sulfonamides is 1. The topological polar surface area (TPSA) is 64.6 Å². The third-order valence-corrected chi connectivity index (χ3v) is 4.51. The number of hydrogen-bond donors (Lipinski definition) is 1. The Morgan fingerprint density at radius 3 is 2.43 bits per heavy atom. The Labute approximate surface area is 141 Å². The van der Waals surface area contributed by atoms with Gasteiger partial charge in [0.25, 0.3) is 10.0 Å². The highest BCUT2D eigenvalue weighted by atomic mass is 35.5. The standard InChI is InChI=1S/C16H18ClNO4S/c1-3-21-13-8-9-16(22-4-2)15(11-13)18-23(19,20)14-7-5-6-12(17)10-14/h5-11,18H,3-4H2,1-2H3. The summed E-state index contributed by atoms with van der Waals surface area (Å²) < 4.78 is 38.4. The van der Waals surface area contributed by atoms with E-state index in [9.17, 15) is 8.42 Å². The molecule has 23 heavy (non-hydrogen) atoms. The Balaban J connectivity index is 2.38. The van der Waals surface area contributed by atoms with Crippen LogP contribution in [0, 0.1) is 0 Å². The maximum atomic E-state index is 12.5. The van der Waals surface area contributed by atoms with Gasteiger partial charge in [-0.05, 0) is 44.2 Å². The van der Waals surface area contributed by atoms with Gasteiger partial charge >= 0.3 is 0 Å². The van der Waals surface area contributed by atoms with Gasteiger partial charge in [0.2, 0.25) is 0 Å². The maximum Gasteiger partial charge on any atom is 0.262 e. The molecule has 0 bridgehead atoms. The zero-order chi connectivity index (χ0) is 16.9. The van der Waals surface area contributed by atoms with E-state index < -0.39 is 10.0 Å². The van der Waals surface area contributed by atoms with Gasteiger partial charge < -0.3 is 9.47 Å². The van der Waals surface area contributed by atoms with Gasteiger partial charge in [-0.1, -0.05) is 17.7 Å². The van der Waals surface area contributed by atoms with Gasteiger partial charge in [-0.3, -0.25) is 4.72 Å². The minimum absolute atomic E-state index is 0.0780. The van der Waals surface area contributed by atoms with Crippen LogP contribution in [0.15, 0.2) is 47.4 Å². The van der Waals surface area contributed by atoms with Gasteiger partial charge in [0.1, 0.15) is 11.5 Å². The largest absolute Gasteiger partial charge is 0.494 e. The molecule has 0 saturated heterocycles. The Hall–Kier alpha value is -1.92. The Bertz CT molecular complexity index is 777. The van der Waals surface area contributed by atoms with Crippen molar-refractivity contribution in [2.24, 2.45) is 0 Å². The van der Waals surface area contributed by atoms with Crippen molar-refractivity contribution < 1.29 is 17.9 Å². The predicted molar refractivity (Wildman–Crippen MR) is 91.0 cm³/mol. The molecule has 0 aliphatic rings. The van der Waals surface area contributed by atoms with Crippen LogP contribution in [0.1, 0.15) is 13.8 Å². The number of halogens is 1. The zero-order valence-corrected chi connectivity index (χ0v) is 14.4. The second kappa shape index (κ2) is 7.57. The third kappa shape index (κ3) is 4.53. The molecule has 0 aliphatic carbocycles. The summed E-state index contributed by atoms with van der Waals surface area (Å²) in [7, 11) is -3.78. The van der Waals surface area contributed by atoms with Gasteiger partial charge in [-0.15, -0.1) is 0 Å². The quantitative estimate of drug-likeness (QED) is 0.817. The highest BCUT2D eigenvalue weighted by Gasteiger charge is 2.17. The second-order valence-electron chi connectivity index (χ2n) is 4.59. The highest BCUT2D eigenvalue weighted by molar-refractivity contribution is 7.92. The lowest BCUT2D eigenvalue weighted by Gasteiger charge is -2.14. The summed E-state index contributed by atoms with van der Waals surface area (Å²) in [6.45, 7) is 4.58. The fourth-order valence-electron chi connectivity index (χ4n) is 1.96. The predicted octanol–water partition coefficient (Wildman–Crippen LogP) is 3.94. The van der Waals surface area contributed by atoms with Crippen molar-refractivity contribution in [3.05, 3.63) is 47.5 Å². The molecule has 0 aromatic heterocycles. The second-order valence-corrected chi connectivity index (χ2v) is 6.71. The minimum Gasteiger partial charge on any atom is -0.494 e. The molecule has 0 fully saturated rings. The van der Waals surface area contributed by atoms with Crippen molar-refractivity contribution in [3.8, 4) is 11.5 Å². The normalized spacial score (nSPS) is 11.1. The molecular weight excluding hydrogens is 338 g/mol. The van der Waals surface area contributed by atoms with E-state index in [-0.39, 0.29) is 4.90 Å². The van der Waals surface area contributed by atoms with Crippen LogP contribution in [-0.2, 0) is 10.0 Å². The van der Waals surface area contributed by atoms with E-state index in [2.05, 4.69) is 4.72 Å². The Kier molecular flexibility index (Phi) is 5.74. The summed E-state index contributed by atoms with van der Waals surface area (Å²) in [5.74, 6) is 0.987. The Morgan fingerprint density at radius 2 is 1.78 bits per heavy atom. The Morgan fingerprint density at radius 1 is 1.04 bits per heavy atom. The summed E-state index contributed by atoms with van der Waals surface area (Å²) in [6.07, 6.45) is 0. The van der Waals surface area contributed by atoms with Crippen LogP contribution in [0.25, 0.3) is 0 Å². The van der Waals surface area contributed by atoms with Crippen LogP contribution in [0.3, 0.4) is 0 Å².